The molecule has 3 heteroatoms. The van der Waals surface area contributed by atoms with E-state index in [-0.39, 0.29) is 12.4 Å². The van der Waals surface area contributed by atoms with Gasteiger partial charge >= 0.3 is 0 Å². The van der Waals surface area contributed by atoms with Crippen molar-refractivity contribution in [2.75, 3.05) is 25.1 Å². The summed E-state index contributed by atoms with van der Waals surface area (Å²) in [5.41, 5.74) is 3.09. The first kappa shape index (κ1) is 12.1. The van der Waals surface area contributed by atoms with Crippen LogP contribution in [0.1, 0.15) is 35.7 Å². The molecule has 1 aromatic rings. The molecular weight excluding hydrogens is 214 g/mol. The topological polar surface area (TPSA) is 38.3 Å². The lowest BCUT2D eigenvalue weighted by molar-refractivity contribution is 0.0760. The maximum absolute atomic E-state index is 12.0. The Bertz CT molecular complexity index is 401. The molecule has 1 aliphatic rings. The van der Waals surface area contributed by atoms with Crippen LogP contribution in [0, 0.1) is 0 Å². The molecule has 0 atom stereocenters. The highest BCUT2D eigenvalue weighted by Crippen LogP contribution is 2.25. The molecule has 0 aromatic heterocycles. The van der Waals surface area contributed by atoms with Gasteiger partial charge in [0.25, 0.3) is 0 Å². The second-order valence-electron chi connectivity index (χ2n) is 4.34. The lowest BCUT2D eigenvalue weighted by Gasteiger charge is -2.20. The second-order valence-corrected chi connectivity index (χ2v) is 4.34. The summed E-state index contributed by atoms with van der Waals surface area (Å²) in [5, 5.41) is 3.33. The maximum Gasteiger partial charge on any atom is 0.188 e. The van der Waals surface area contributed by atoms with E-state index in [9.17, 15) is 4.79 Å². The molecule has 92 valence electrons. The van der Waals surface area contributed by atoms with Gasteiger partial charge in [0.15, 0.2) is 5.78 Å². The van der Waals surface area contributed by atoms with Gasteiger partial charge in [-0.1, -0.05) is 19.1 Å². The number of Topliss-reactive ketones (excluding diaryl/α,β-unsaturated/α-hetero) is 1. The third-order valence-corrected chi connectivity index (χ3v) is 2.98. The maximum atomic E-state index is 12.0. The number of hydrogen-bond acceptors (Lipinski definition) is 3. The van der Waals surface area contributed by atoms with Crippen LogP contribution in [-0.2, 0) is 11.2 Å². The lowest BCUT2D eigenvalue weighted by Crippen LogP contribution is -2.18. The third kappa shape index (κ3) is 2.86. The molecule has 0 radical (unpaired) electrons. The summed E-state index contributed by atoms with van der Waals surface area (Å²) in [4.78, 5) is 12.0. The number of ketones is 1. The van der Waals surface area contributed by atoms with Gasteiger partial charge in [-0.05, 0) is 30.9 Å². The average Bonchev–Trinajstić information content (AvgIpc) is 2.38. The van der Waals surface area contributed by atoms with E-state index in [1.54, 1.807) is 0 Å². The lowest BCUT2D eigenvalue weighted by atomic mass is 9.95. The van der Waals surface area contributed by atoms with Crippen molar-refractivity contribution in [2.24, 2.45) is 0 Å². The smallest absolute Gasteiger partial charge is 0.188 e. The van der Waals surface area contributed by atoms with Gasteiger partial charge in [0.05, 0.1) is 0 Å². The summed E-state index contributed by atoms with van der Waals surface area (Å²) < 4.78 is 5.32. The van der Waals surface area contributed by atoms with E-state index in [1.165, 1.54) is 0 Å². The molecule has 0 bridgehead atoms. The van der Waals surface area contributed by atoms with Crippen LogP contribution in [0.3, 0.4) is 0 Å². The number of carbonyl (C=O) groups is 1. The fourth-order valence-electron chi connectivity index (χ4n) is 2.16. The van der Waals surface area contributed by atoms with E-state index in [0.717, 1.165) is 42.6 Å². The van der Waals surface area contributed by atoms with Crippen molar-refractivity contribution in [3.63, 3.8) is 0 Å². The molecule has 1 aromatic carbocycles. The standard InChI is InChI=1S/C14H19NO2/c1-2-9-17-10-14(16)12-5-3-7-13-11(12)6-4-8-15-13/h3,5,7,15H,2,4,6,8-10H2,1H3. The largest absolute Gasteiger partial charge is 0.385 e. The molecule has 2 rings (SSSR count). The summed E-state index contributed by atoms with van der Waals surface area (Å²) in [6.07, 6.45) is 3.02. The Labute approximate surface area is 102 Å². The summed E-state index contributed by atoms with van der Waals surface area (Å²) in [6.45, 7) is 3.89. The first-order chi connectivity index (χ1) is 8.33. The SMILES string of the molecule is CCCOCC(=O)c1cccc2c1CCCN2. The molecule has 0 amide bonds. The van der Waals surface area contributed by atoms with Crippen LogP contribution in [0.5, 0.6) is 0 Å². The van der Waals surface area contributed by atoms with Crippen LogP contribution in [0.25, 0.3) is 0 Å². The molecule has 3 nitrogen and oxygen atoms in total. The molecule has 0 fully saturated rings. The van der Waals surface area contributed by atoms with Crippen molar-refractivity contribution >= 4 is 11.5 Å². The quantitative estimate of drug-likeness (QED) is 0.627. The number of rotatable bonds is 5. The number of benzene rings is 1. The molecule has 0 saturated heterocycles. The van der Waals surface area contributed by atoms with E-state index in [1.807, 2.05) is 25.1 Å². The number of anilines is 1. The zero-order valence-electron chi connectivity index (χ0n) is 10.3. The van der Waals surface area contributed by atoms with E-state index >= 15 is 0 Å². The van der Waals surface area contributed by atoms with Crippen LogP contribution in [0.4, 0.5) is 5.69 Å². The van der Waals surface area contributed by atoms with E-state index < -0.39 is 0 Å². The Morgan fingerprint density at radius 2 is 2.35 bits per heavy atom. The fraction of sp³-hybridized carbons (Fsp3) is 0.500. The minimum absolute atomic E-state index is 0.0963. The Morgan fingerprint density at radius 3 is 3.18 bits per heavy atom. The zero-order chi connectivity index (χ0) is 12.1. The van der Waals surface area contributed by atoms with Crippen LogP contribution >= 0.6 is 0 Å². The predicted molar refractivity (Wildman–Crippen MR) is 68.7 cm³/mol. The predicted octanol–water partition coefficient (Wildman–Crippen LogP) is 2.65. The molecule has 0 spiro atoms. The Hall–Kier alpha value is -1.35. The Morgan fingerprint density at radius 1 is 1.47 bits per heavy atom. The number of nitrogens with one attached hydrogen (secondary N) is 1. The first-order valence-corrected chi connectivity index (χ1v) is 6.29. The van der Waals surface area contributed by atoms with Gasteiger partial charge in [-0.25, -0.2) is 0 Å². The number of hydrogen-bond donors (Lipinski definition) is 1. The number of fused-ring (bicyclic) bond motifs is 1. The summed E-state index contributed by atoms with van der Waals surface area (Å²) in [7, 11) is 0. The summed E-state index contributed by atoms with van der Waals surface area (Å²) in [6, 6.07) is 5.88. The van der Waals surface area contributed by atoms with Crippen LogP contribution in [0.2, 0.25) is 0 Å². The van der Waals surface area contributed by atoms with Crippen molar-refractivity contribution in [3.8, 4) is 0 Å². The molecule has 0 aliphatic carbocycles. The third-order valence-electron chi connectivity index (χ3n) is 2.98. The van der Waals surface area contributed by atoms with Gasteiger partial charge in [-0.15, -0.1) is 0 Å². The molecule has 0 saturated carbocycles. The van der Waals surface area contributed by atoms with Crippen molar-refractivity contribution in [2.45, 2.75) is 26.2 Å². The van der Waals surface area contributed by atoms with Gasteiger partial charge in [0.2, 0.25) is 0 Å². The molecule has 0 unspecified atom stereocenters. The molecule has 1 N–H and O–H groups in total. The Balaban J connectivity index is 2.12. The Kier molecular flexibility index (Phi) is 4.15. The van der Waals surface area contributed by atoms with Gasteiger partial charge in [-0.2, -0.15) is 0 Å². The van der Waals surface area contributed by atoms with Crippen molar-refractivity contribution in [3.05, 3.63) is 29.3 Å². The van der Waals surface area contributed by atoms with Crippen LogP contribution in [0.15, 0.2) is 18.2 Å². The van der Waals surface area contributed by atoms with Gasteiger partial charge < -0.3 is 10.1 Å². The number of carbonyl (C=O) groups excluding carboxylic acids is 1. The minimum atomic E-state index is 0.0963. The molecule has 17 heavy (non-hydrogen) atoms. The van der Waals surface area contributed by atoms with Gasteiger partial charge in [0, 0.05) is 24.4 Å². The van der Waals surface area contributed by atoms with E-state index in [0.29, 0.717) is 6.61 Å². The molecule has 1 aliphatic heterocycles. The van der Waals surface area contributed by atoms with E-state index in [2.05, 4.69) is 5.32 Å². The molecule has 1 heterocycles. The average molecular weight is 233 g/mol. The second kappa shape index (κ2) is 5.82. The minimum Gasteiger partial charge on any atom is -0.385 e. The highest BCUT2D eigenvalue weighted by Gasteiger charge is 2.16. The van der Waals surface area contributed by atoms with Crippen LogP contribution < -0.4 is 5.32 Å². The normalized spacial score (nSPS) is 13.9. The number of ether oxygens (including phenoxy) is 1. The van der Waals surface area contributed by atoms with Crippen LogP contribution in [-0.4, -0.2) is 25.5 Å². The van der Waals surface area contributed by atoms with E-state index in [4.69, 9.17) is 4.74 Å². The zero-order valence-corrected chi connectivity index (χ0v) is 10.3. The summed E-state index contributed by atoms with van der Waals surface area (Å²) in [5.74, 6) is 0.0963. The van der Waals surface area contributed by atoms with Crippen molar-refractivity contribution in [1.82, 2.24) is 0 Å². The highest BCUT2D eigenvalue weighted by atomic mass is 16.5. The molecular formula is C14H19NO2. The van der Waals surface area contributed by atoms with Gasteiger partial charge in [0.1, 0.15) is 6.61 Å². The fourth-order valence-corrected chi connectivity index (χ4v) is 2.16. The van der Waals surface area contributed by atoms with Crippen molar-refractivity contribution < 1.29 is 9.53 Å². The van der Waals surface area contributed by atoms with Gasteiger partial charge in [-0.3, -0.25) is 4.79 Å². The van der Waals surface area contributed by atoms with Crippen molar-refractivity contribution in [1.29, 1.82) is 0 Å². The summed E-state index contributed by atoms with van der Waals surface area (Å²) >= 11 is 0. The highest BCUT2D eigenvalue weighted by molar-refractivity contribution is 5.99. The first-order valence-electron chi connectivity index (χ1n) is 6.29. The monoisotopic (exact) mass is 233 g/mol.